The van der Waals surface area contributed by atoms with Crippen LogP contribution in [-0.2, 0) is 4.74 Å². The minimum atomic E-state index is -0.414. The highest BCUT2D eigenvalue weighted by atomic mass is 35.5. The number of benzene rings is 3. The van der Waals surface area contributed by atoms with Crippen LogP contribution in [0.4, 0.5) is 4.79 Å². The van der Waals surface area contributed by atoms with Crippen molar-refractivity contribution < 1.29 is 9.53 Å². The molecule has 3 aromatic carbocycles. The Bertz CT molecular complexity index is 966. The molecule has 140 valence electrons. The van der Waals surface area contributed by atoms with Gasteiger partial charge >= 0.3 is 6.09 Å². The van der Waals surface area contributed by atoms with Crippen molar-refractivity contribution in [3.63, 3.8) is 0 Å². The summed E-state index contributed by atoms with van der Waals surface area (Å²) in [5.74, 6) is 0.0720. The van der Waals surface area contributed by atoms with Crippen molar-refractivity contribution >= 4 is 23.8 Å². The van der Waals surface area contributed by atoms with E-state index in [1.807, 2.05) is 60.7 Å². The highest BCUT2D eigenvalue weighted by Crippen LogP contribution is 2.44. The number of alkyl carbamates (subject to hydrolysis) is 1. The summed E-state index contributed by atoms with van der Waals surface area (Å²) in [6, 6.07) is 24.1. The van der Waals surface area contributed by atoms with Gasteiger partial charge in [0.25, 0.3) is 0 Å². The monoisotopic (exact) mass is 389 g/mol. The lowest BCUT2D eigenvalue weighted by Crippen LogP contribution is -2.26. The molecule has 0 radical (unpaired) electrons. The van der Waals surface area contributed by atoms with Gasteiger partial charge in [-0.05, 0) is 39.9 Å². The Morgan fingerprint density at radius 3 is 2.18 bits per heavy atom. The molecular weight excluding hydrogens is 370 g/mol. The first-order chi connectivity index (χ1) is 13.7. The van der Waals surface area contributed by atoms with Gasteiger partial charge in [-0.15, -0.1) is 0 Å². The van der Waals surface area contributed by atoms with Crippen LogP contribution in [0.2, 0.25) is 5.02 Å². The van der Waals surface area contributed by atoms with Gasteiger partial charge in [-0.3, -0.25) is 0 Å². The number of rotatable bonds is 5. The van der Waals surface area contributed by atoms with Crippen LogP contribution in [0, 0.1) is 0 Å². The molecule has 3 nitrogen and oxygen atoms in total. The topological polar surface area (TPSA) is 38.3 Å². The molecule has 0 aliphatic heterocycles. The Kier molecular flexibility index (Phi) is 5.45. The van der Waals surface area contributed by atoms with E-state index >= 15 is 0 Å². The van der Waals surface area contributed by atoms with Gasteiger partial charge in [-0.1, -0.05) is 84.4 Å². The molecule has 1 amide bonds. The van der Waals surface area contributed by atoms with Gasteiger partial charge in [0.1, 0.15) is 6.61 Å². The van der Waals surface area contributed by atoms with Crippen molar-refractivity contribution in [2.45, 2.75) is 5.92 Å². The van der Waals surface area contributed by atoms with E-state index < -0.39 is 6.09 Å². The second-order valence-electron chi connectivity index (χ2n) is 6.66. The minimum absolute atomic E-state index is 0.0720. The first-order valence-corrected chi connectivity index (χ1v) is 9.61. The highest BCUT2D eigenvalue weighted by Gasteiger charge is 2.28. The second-order valence-corrected chi connectivity index (χ2v) is 7.10. The largest absolute Gasteiger partial charge is 0.449 e. The van der Waals surface area contributed by atoms with E-state index in [0.717, 1.165) is 5.56 Å². The fourth-order valence-corrected chi connectivity index (χ4v) is 3.69. The third-order valence-corrected chi connectivity index (χ3v) is 5.14. The number of hydrogen-bond donors (Lipinski definition) is 1. The molecule has 4 rings (SSSR count). The summed E-state index contributed by atoms with van der Waals surface area (Å²) in [5, 5.41) is 3.46. The number of hydrogen-bond acceptors (Lipinski definition) is 2. The van der Waals surface area contributed by atoms with Crippen LogP contribution >= 0.6 is 11.6 Å². The lowest BCUT2D eigenvalue weighted by molar-refractivity contribution is 0.144. The third-order valence-electron chi connectivity index (χ3n) is 4.89. The second kappa shape index (κ2) is 8.32. The summed E-state index contributed by atoms with van der Waals surface area (Å²) in [7, 11) is 0. The van der Waals surface area contributed by atoms with Crippen molar-refractivity contribution in [2.75, 3.05) is 13.2 Å². The van der Waals surface area contributed by atoms with E-state index in [-0.39, 0.29) is 5.92 Å². The summed E-state index contributed by atoms with van der Waals surface area (Å²) in [6.07, 6.45) is 3.40. The molecule has 0 spiro atoms. The van der Waals surface area contributed by atoms with Gasteiger partial charge in [0.05, 0.1) is 0 Å². The summed E-state index contributed by atoms with van der Waals surface area (Å²) >= 11 is 5.87. The zero-order valence-corrected chi connectivity index (χ0v) is 16.0. The number of halogens is 1. The van der Waals surface area contributed by atoms with Gasteiger partial charge < -0.3 is 10.1 Å². The van der Waals surface area contributed by atoms with Gasteiger partial charge in [-0.2, -0.15) is 0 Å². The maximum absolute atomic E-state index is 12.1. The maximum atomic E-state index is 12.1. The molecule has 0 unspecified atom stereocenters. The van der Waals surface area contributed by atoms with E-state index in [0.29, 0.717) is 18.2 Å². The summed E-state index contributed by atoms with van der Waals surface area (Å²) in [5.41, 5.74) is 5.88. The van der Waals surface area contributed by atoms with Crippen molar-refractivity contribution in [1.82, 2.24) is 5.32 Å². The van der Waals surface area contributed by atoms with Crippen LogP contribution < -0.4 is 5.32 Å². The molecule has 1 aliphatic carbocycles. The average molecular weight is 390 g/mol. The fourth-order valence-electron chi connectivity index (χ4n) is 3.56. The average Bonchev–Trinajstić information content (AvgIpc) is 3.05. The van der Waals surface area contributed by atoms with Gasteiger partial charge in [0, 0.05) is 17.5 Å². The fraction of sp³-hybridized carbons (Fsp3) is 0.125. The predicted molar refractivity (Wildman–Crippen MR) is 114 cm³/mol. The summed E-state index contributed by atoms with van der Waals surface area (Å²) in [4.78, 5) is 12.1. The van der Waals surface area contributed by atoms with Crippen LogP contribution in [0.3, 0.4) is 0 Å². The molecule has 3 aromatic rings. The smallest absolute Gasteiger partial charge is 0.407 e. The number of fused-ring (bicyclic) bond motifs is 3. The molecule has 0 saturated carbocycles. The van der Waals surface area contributed by atoms with Crippen molar-refractivity contribution in [3.05, 3.63) is 101 Å². The van der Waals surface area contributed by atoms with Crippen LogP contribution in [0.25, 0.3) is 17.2 Å². The Balaban J connectivity index is 1.33. The van der Waals surface area contributed by atoms with Crippen LogP contribution in [0.1, 0.15) is 22.6 Å². The van der Waals surface area contributed by atoms with Crippen LogP contribution in [0.5, 0.6) is 0 Å². The van der Waals surface area contributed by atoms with Gasteiger partial charge in [-0.25, -0.2) is 4.79 Å². The quantitative estimate of drug-likeness (QED) is 0.590. The molecule has 0 saturated heterocycles. The maximum Gasteiger partial charge on any atom is 0.407 e. The van der Waals surface area contributed by atoms with E-state index in [4.69, 9.17) is 16.3 Å². The van der Waals surface area contributed by atoms with Gasteiger partial charge in [0.15, 0.2) is 0 Å². The molecule has 0 atom stereocenters. The van der Waals surface area contributed by atoms with Crippen molar-refractivity contribution in [2.24, 2.45) is 0 Å². The third kappa shape index (κ3) is 3.95. The minimum Gasteiger partial charge on any atom is -0.449 e. The van der Waals surface area contributed by atoms with E-state index in [1.54, 1.807) is 0 Å². The van der Waals surface area contributed by atoms with E-state index in [2.05, 4.69) is 29.6 Å². The molecule has 1 aliphatic rings. The van der Waals surface area contributed by atoms with Gasteiger partial charge in [0.2, 0.25) is 0 Å². The molecule has 0 fully saturated rings. The Hall–Kier alpha value is -3.04. The normalized spacial score (nSPS) is 12.6. The lowest BCUT2D eigenvalue weighted by Gasteiger charge is -2.14. The number of amides is 1. The number of nitrogens with one attached hydrogen (secondary N) is 1. The lowest BCUT2D eigenvalue weighted by atomic mass is 9.98. The zero-order valence-electron chi connectivity index (χ0n) is 15.3. The highest BCUT2D eigenvalue weighted by molar-refractivity contribution is 6.30. The summed E-state index contributed by atoms with van der Waals surface area (Å²) < 4.78 is 5.51. The van der Waals surface area contributed by atoms with Crippen LogP contribution in [-0.4, -0.2) is 19.2 Å². The molecule has 28 heavy (non-hydrogen) atoms. The first-order valence-electron chi connectivity index (χ1n) is 9.23. The Morgan fingerprint density at radius 1 is 0.929 bits per heavy atom. The Labute approximate surface area is 169 Å². The molecule has 1 N–H and O–H groups in total. The first kappa shape index (κ1) is 18.3. The van der Waals surface area contributed by atoms with Crippen LogP contribution in [0.15, 0.2) is 78.9 Å². The van der Waals surface area contributed by atoms with E-state index in [1.165, 1.54) is 22.3 Å². The number of carbonyl (C=O) groups is 1. The molecule has 0 heterocycles. The predicted octanol–water partition coefficient (Wildman–Crippen LogP) is 5.89. The van der Waals surface area contributed by atoms with E-state index in [9.17, 15) is 4.79 Å². The number of carbonyl (C=O) groups excluding carboxylic acids is 1. The zero-order chi connectivity index (χ0) is 19.3. The Morgan fingerprint density at radius 2 is 1.54 bits per heavy atom. The summed E-state index contributed by atoms with van der Waals surface area (Å²) in [6.45, 7) is 0.722. The SMILES string of the molecule is O=C(NCC=Cc1ccc(Cl)cc1)OCC1c2ccccc2-c2ccccc21. The molecule has 0 aromatic heterocycles. The molecule has 0 bridgehead atoms. The molecule has 4 heteroatoms. The standard InChI is InChI=1S/C24H20ClNO2/c25-18-13-11-17(12-14-18)6-5-15-26-24(27)28-16-23-21-9-3-1-7-19(21)20-8-2-4-10-22(20)23/h1-14,23H,15-16H2,(H,26,27). The molecular formula is C24H20ClNO2. The van der Waals surface area contributed by atoms with Crippen molar-refractivity contribution in [3.8, 4) is 11.1 Å². The number of ether oxygens (including phenoxy) is 1. The van der Waals surface area contributed by atoms with Crippen molar-refractivity contribution in [1.29, 1.82) is 0 Å².